The van der Waals surface area contributed by atoms with E-state index in [1.165, 1.54) is 9.80 Å². The van der Waals surface area contributed by atoms with E-state index in [2.05, 4.69) is 5.32 Å². The number of nitrogens with zero attached hydrogens (tertiary/aromatic N) is 2. The molecule has 2 unspecified atom stereocenters. The van der Waals surface area contributed by atoms with Crippen LogP contribution >= 0.6 is 0 Å². The van der Waals surface area contributed by atoms with Gasteiger partial charge in [0.15, 0.2) is 0 Å². The fourth-order valence-electron chi connectivity index (χ4n) is 3.15. The molecule has 2 rings (SSSR count). The van der Waals surface area contributed by atoms with Gasteiger partial charge in [0.25, 0.3) is 0 Å². The molecule has 2 N–H and O–H groups in total. The van der Waals surface area contributed by atoms with Crippen LogP contribution in [-0.4, -0.2) is 64.0 Å². The molecular weight excluding hydrogens is 274 g/mol. The van der Waals surface area contributed by atoms with Crippen LogP contribution in [0.1, 0.15) is 39.5 Å². The summed E-state index contributed by atoms with van der Waals surface area (Å²) in [6, 6.07) is -0.840. The van der Waals surface area contributed by atoms with Gasteiger partial charge in [-0.2, -0.15) is 0 Å². The van der Waals surface area contributed by atoms with Crippen LogP contribution in [0, 0.1) is 0 Å². The lowest BCUT2D eigenvalue weighted by molar-refractivity contribution is -0.151. The summed E-state index contributed by atoms with van der Waals surface area (Å²) in [4.78, 5) is 39.2. The van der Waals surface area contributed by atoms with Gasteiger partial charge in [0, 0.05) is 19.6 Å². The minimum Gasteiger partial charge on any atom is -0.480 e. The highest BCUT2D eigenvalue weighted by atomic mass is 16.4. The number of carboxylic acids is 1. The minimum atomic E-state index is -1.18. The predicted octanol–water partition coefficient (Wildman–Crippen LogP) is 0.646. The molecule has 2 heterocycles. The number of piperazine rings is 1. The third-order valence-electron chi connectivity index (χ3n) is 4.55. The molecule has 0 aromatic carbocycles. The molecule has 0 aliphatic carbocycles. The molecule has 2 fully saturated rings. The van der Waals surface area contributed by atoms with Gasteiger partial charge in [-0.1, -0.05) is 6.92 Å². The van der Waals surface area contributed by atoms with Gasteiger partial charge in [-0.3, -0.25) is 4.79 Å². The van der Waals surface area contributed by atoms with Crippen molar-refractivity contribution in [3.8, 4) is 0 Å². The van der Waals surface area contributed by atoms with Crippen molar-refractivity contribution in [2.75, 3.05) is 19.6 Å². The van der Waals surface area contributed by atoms with E-state index in [9.17, 15) is 19.5 Å². The Morgan fingerprint density at radius 2 is 2.10 bits per heavy atom. The zero-order valence-corrected chi connectivity index (χ0v) is 12.6. The molecule has 21 heavy (non-hydrogen) atoms. The van der Waals surface area contributed by atoms with Crippen LogP contribution in [0.4, 0.5) is 4.79 Å². The summed E-state index contributed by atoms with van der Waals surface area (Å²) < 4.78 is 0. The van der Waals surface area contributed by atoms with E-state index in [1.807, 2.05) is 6.92 Å². The second-order valence-corrected chi connectivity index (χ2v) is 5.88. The van der Waals surface area contributed by atoms with E-state index in [4.69, 9.17) is 0 Å². The number of carbonyl (C=O) groups excluding carboxylic acids is 2. The minimum absolute atomic E-state index is 0.161. The molecular formula is C14H23N3O4. The SMILES string of the molecule is CCC1C(=O)NCCN1C(=O)N1CCCCC1(C)C(=O)O. The van der Waals surface area contributed by atoms with Crippen LogP contribution in [0.15, 0.2) is 0 Å². The monoisotopic (exact) mass is 297 g/mol. The fraction of sp³-hybridized carbons (Fsp3) is 0.786. The van der Waals surface area contributed by atoms with Gasteiger partial charge in [0.2, 0.25) is 5.91 Å². The maximum absolute atomic E-state index is 12.8. The van der Waals surface area contributed by atoms with E-state index < -0.39 is 17.6 Å². The highest BCUT2D eigenvalue weighted by Crippen LogP contribution is 2.30. The molecule has 0 aromatic heterocycles. The number of nitrogens with one attached hydrogen (secondary N) is 1. The van der Waals surface area contributed by atoms with Crippen molar-refractivity contribution in [3.05, 3.63) is 0 Å². The molecule has 0 spiro atoms. The average molecular weight is 297 g/mol. The number of amides is 3. The van der Waals surface area contributed by atoms with Crippen molar-refractivity contribution in [2.24, 2.45) is 0 Å². The predicted molar refractivity (Wildman–Crippen MR) is 75.8 cm³/mol. The Hall–Kier alpha value is -1.79. The quantitative estimate of drug-likeness (QED) is 0.783. The lowest BCUT2D eigenvalue weighted by Gasteiger charge is -2.46. The maximum atomic E-state index is 12.8. The Kier molecular flexibility index (Phi) is 4.39. The summed E-state index contributed by atoms with van der Waals surface area (Å²) >= 11 is 0. The van der Waals surface area contributed by atoms with Crippen molar-refractivity contribution in [1.82, 2.24) is 15.1 Å². The van der Waals surface area contributed by atoms with Crippen LogP contribution in [0.5, 0.6) is 0 Å². The Labute approximate surface area is 124 Å². The number of carbonyl (C=O) groups is 3. The molecule has 3 amide bonds. The van der Waals surface area contributed by atoms with E-state index in [-0.39, 0.29) is 11.9 Å². The molecule has 2 saturated heterocycles. The van der Waals surface area contributed by atoms with E-state index >= 15 is 0 Å². The standard InChI is InChI=1S/C14H23N3O4/c1-3-10-11(18)15-7-9-16(10)13(21)17-8-5-4-6-14(17,2)12(19)20/h10H,3-9H2,1-2H3,(H,15,18)(H,19,20). The average Bonchev–Trinajstić information content (AvgIpc) is 2.46. The molecule has 7 nitrogen and oxygen atoms in total. The highest BCUT2D eigenvalue weighted by molar-refractivity contribution is 5.91. The number of rotatable bonds is 2. The molecule has 0 radical (unpaired) electrons. The van der Waals surface area contributed by atoms with Crippen molar-refractivity contribution >= 4 is 17.9 Å². The normalized spacial score (nSPS) is 30.0. The van der Waals surface area contributed by atoms with Crippen LogP contribution in [0.2, 0.25) is 0 Å². The molecule has 7 heteroatoms. The summed E-state index contributed by atoms with van der Waals surface area (Å²) in [7, 11) is 0. The Bertz CT molecular complexity index is 454. The van der Waals surface area contributed by atoms with Gasteiger partial charge < -0.3 is 20.2 Å². The second kappa shape index (κ2) is 5.91. The van der Waals surface area contributed by atoms with Crippen LogP contribution in [-0.2, 0) is 9.59 Å². The first-order valence-corrected chi connectivity index (χ1v) is 7.51. The van der Waals surface area contributed by atoms with Crippen molar-refractivity contribution in [1.29, 1.82) is 0 Å². The van der Waals surface area contributed by atoms with Crippen LogP contribution < -0.4 is 5.32 Å². The molecule has 0 saturated carbocycles. The lowest BCUT2D eigenvalue weighted by Crippen LogP contribution is -2.65. The number of aliphatic carboxylic acids is 1. The number of hydrogen-bond acceptors (Lipinski definition) is 3. The molecule has 0 bridgehead atoms. The van der Waals surface area contributed by atoms with Gasteiger partial charge in [-0.15, -0.1) is 0 Å². The van der Waals surface area contributed by atoms with Crippen molar-refractivity contribution in [3.63, 3.8) is 0 Å². The van der Waals surface area contributed by atoms with E-state index in [0.717, 1.165) is 12.8 Å². The summed E-state index contributed by atoms with van der Waals surface area (Å²) in [5.41, 5.74) is -1.18. The number of hydrogen-bond donors (Lipinski definition) is 2. The first-order chi connectivity index (χ1) is 9.91. The van der Waals surface area contributed by atoms with Crippen molar-refractivity contribution in [2.45, 2.75) is 51.1 Å². The largest absolute Gasteiger partial charge is 0.480 e. The smallest absolute Gasteiger partial charge is 0.329 e. The molecule has 2 atom stereocenters. The zero-order chi connectivity index (χ0) is 15.6. The van der Waals surface area contributed by atoms with E-state index in [1.54, 1.807) is 6.92 Å². The maximum Gasteiger partial charge on any atom is 0.329 e. The van der Waals surface area contributed by atoms with Gasteiger partial charge in [0.1, 0.15) is 11.6 Å². The molecule has 0 aromatic rings. The summed E-state index contributed by atoms with van der Waals surface area (Å²) in [5, 5.41) is 12.2. The first-order valence-electron chi connectivity index (χ1n) is 7.51. The molecule has 118 valence electrons. The number of urea groups is 1. The topological polar surface area (TPSA) is 90.0 Å². The Morgan fingerprint density at radius 1 is 1.38 bits per heavy atom. The Balaban J connectivity index is 2.24. The third kappa shape index (κ3) is 2.69. The van der Waals surface area contributed by atoms with Gasteiger partial charge >= 0.3 is 12.0 Å². The number of carboxylic acid groups (broad SMARTS) is 1. The van der Waals surface area contributed by atoms with Gasteiger partial charge in [-0.05, 0) is 32.6 Å². The fourth-order valence-corrected chi connectivity index (χ4v) is 3.15. The van der Waals surface area contributed by atoms with Crippen LogP contribution in [0.25, 0.3) is 0 Å². The van der Waals surface area contributed by atoms with Crippen molar-refractivity contribution < 1.29 is 19.5 Å². The lowest BCUT2D eigenvalue weighted by atomic mass is 9.88. The number of likely N-dealkylation sites (tertiary alicyclic amines) is 1. The first kappa shape index (κ1) is 15.6. The van der Waals surface area contributed by atoms with Gasteiger partial charge in [0.05, 0.1) is 0 Å². The zero-order valence-electron chi connectivity index (χ0n) is 12.6. The van der Waals surface area contributed by atoms with Gasteiger partial charge in [-0.25, -0.2) is 9.59 Å². The third-order valence-corrected chi connectivity index (χ3v) is 4.55. The summed E-state index contributed by atoms with van der Waals surface area (Å²) in [6.45, 7) is 4.71. The number of piperidine rings is 1. The summed E-state index contributed by atoms with van der Waals surface area (Å²) in [6.07, 6.45) is 2.57. The second-order valence-electron chi connectivity index (χ2n) is 5.88. The summed E-state index contributed by atoms with van der Waals surface area (Å²) in [5.74, 6) is -1.14. The van der Waals surface area contributed by atoms with Crippen LogP contribution in [0.3, 0.4) is 0 Å². The Morgan fingerprint density at radius 3 is 2.71 bits per heavy atom. The molecule has 2 aliphatic rings. The van der Waals surface area contributed by atoms with E-state index in [0.29, 0.717) is 32.5 Å². The molecule has 2 aliphatic heterocycles. The highest BCUT2D eigenvalue weighted by Gasteiger charge is 2.47.